The summed E-state index contributed by atoms with van der Waals surface area (Å²) in [5.41, 5.74) is 2.27. The Balaban J connectivity index is 1.52. The molecule has 3 aromatic rings. The molecule has 1 aliphatic carbocycles. The van der Waals surface area contributed by atoms with Gasteiger partial charge in [0.05, 0.1) is 5.69 Å². The molecule has 0 spiro atoms. The number of nitrogens with zero attached hydrogens (tertiary/aromatic N) is 2. The number of benzene rings is 1. The second-order valence-corrected chi connectivity index (χ2v) is 6.22. The minimum Gasteiger partial charge on any atom is -0.355 e. The highest BCUT2D eigenvalue weighted by Gasteiger charge is 2.19. The van der Waals surface area contributed by atoms with Crippen LogP contribution in [0, 0.1) is 0 Å². The molecule has 0 aliphatic heterocycles. The first kappa shape index (κ1) is 13.2. The number of rotatable bonds is 3. The van der Waals surface area contributed by atoms with Gasteiger partial charge in [-0.3, -0.25) is 10.1 Å². The number of amides is 1. The standard InChI is InChI=1S/C16H13N3O2S/c20-15(18-16-17-11-7-4-8-14(11)22-16)12-9-13(21-19-12)10-5-2-1-3-6-10/h1-3,5-6,9H,4,7-8H2,(H,17,18,20). The zero-order valence-electron chi connectivity index (χ0n) is 11.7. The molecule has 6 heteroatoms. The van der Waals surface area contributed by atoms with Crippen LogP contribution in [0.15, 0.2) is 40.9 Å². The van der Waals surface area contributed by atoms with E-state index in [9.17, 15) is 4.79 Å². The molecule has 5 nitrogen and oxygen atoms in total. The van der Waals surface area contributed by atoms with Crippen LogP contribution in [0.2, 0.25) is 0 Å². The van der Waals surface area contributed by atoms with Gasteiger partial charge in [0.2, 0.25) is 0 Å². The Morgan fingerprint density at radius 3 is 2.91 bits per heavy atom. The number of anilines is 1. The summed E-state index contributed by atoms with van der Waals surface area (Å²) < 4.78 is 5.24. The molecular formula is C16H13N3O2S. The third-order valence-corrected chi connectivity index (χ3v) is 4.69. The first-order valence-corrected chi connectivity index (χ1v) is 7.93. The zero-order valence-corrected chi connectivity index (χ0v) is 12.5. The summed E-state index contributed by atoms with van der Waals surface area (Å²) in [7, 11) is 0. The van der Waals surface area contributed by atoms with E-state index < -0.39 is 0 Å². The van der Waals surface area contributed by atoms with Crippen molar-refractivity contribution >= 4 is 22.4 Å². The molecule has 1 amide bonds. The van der Waals surface area contributed by atoms with Gasteiger partial charge in [-0.25, -0.2) is 4.98 Å². The van der Waals surface area contributed by atoms with Crippen molar-refractivity contribution in [3.63, 3.8) is 0 Å². The lowest BCUT2D eigenvalue weighted by molar-refractivity contribution is 0.101. The average Bonchev–Trinajstić information content (AvgIpc) is 3.23. The zero-order chi connectivity index (χ0) is 14.9. The Morgan fingerprint density at radius 2 is 2.09 bits per heavy atom. The van der Waals surface area contributed by atoms with E-state index in [0.29, 0.717) is 10.9 Å². The largest absolute Gasteiger partial charge is 0.355 e. The van der Waals surface area contributed by atoms with Gasteiger partial charge in [0, 0.05) is 16.5 Å². The fourth-order valence-corrected chi connectivity index (χ4v) is 3.57. The number of aryl methyl sites for hydroxylation is 2. The lowest BCUT2D eigenvalue weighted by Gasteiger charge is -1.96. The van der Waals surface area contributed by atoms with Gasteiger partial charge in [0.15, 0.2) is 16.6 Å². The van der Waals surface area contributed by atoms with E-state index in [1.165, 1.54) is 4.88 Å². The smallest absolute Gasteiger partial charge is 0.279 e. The van der Waals surface area contributed by atoms with Crippen molar-refractivity contribution in [2.24, 2.45) is 0 Å². The number of carbonyl (C=O) groups excluding carboxylic acids is 1. The Bertz CT molecular complexity index is 802. The first-order chi connectivity index (χ1) is 10.8. The van der Waals surface area contributed by atoms with Crippen LogP contribution >= 0.6 is 11.3 Å². The molecule has 0 radical (unpaired) electrons. The molecule has 0 atom stereocenters. The number of thiazole rings is 1. The van der Waals surface area contributed by atoms with E-state index in [1.54, 1.807) is 17.4 Å². The van der Waals surface area contributed by atoms with Crippen molar-refractivity contribution in [2.45, 2.75) is 19.3 Å². The third-order valence-electron chi connectivity index (χ3n) is 3.62. The lowest BCUT2D eigenvalue weighted by atomic mass is 10.1. The van der Waals surface area contributed by atoms with Crippen molar-refractivity contribution in [3.05, 3.63) is 52.7 Å². The van der Waals surface area contributed by atoms with Crippen molar-refractivity contribution in [1.82, 2.24) is 10.1 Å². The van der Waals surface area contributed by atoms with Crippen LogP contribution in [-0.2, 0) is 12.8 Å². The quantitative estimate of drug-likeness (QED) is 0.803. The molecule has 110 valence electrons. The highest BCUT2D eigenvalue weighted by molar-refractivity contribution is 7.15. The fraction of sp³-hybridized carbons (Fsp3) is 0.188. The highest BCUT2D eigenvalue weighted by Crippen LogP contribution is 2.30. The molecule has 0 bridgehead atoms. The molecule has 2 aromatic heterocycles. The lowest BCUT2D eigenvalue weighted by Crippen LogP contribution is -2.12. The Hall–Kier alpha value is -2.47. The number of hydrogen-bond acceptors (Lipinski definition) is 5. The topological polar surface area (TPSA) is 68.0 Å². The molecule has 0 saturated heterocycles. The minimum atomic E-state index is -0.293. The van der Waals surface area contributed by atoms with E-state index in [4.69, 9.17) is 4.52 Å². The van der Waals surface area contributed by atoms with E-state index in [-0.39, 0.29) is 11.6 Å². The molecule has 0 saturated carbocycles. The predicted octanol–water partition coefficient (Wildman–Crippen LogP) is 3.54. The molecular weight excluding hydrogens is 298 g/mol. The monoisotopic (exact) mass is 311 g/mol. The van der Waals surface area contributed by atoms with Gasteiger partial charge in [-0.1, -0.05) is 35.5 Å². The number of nitrogens with one attached hydrogen (secondary N) is 1. The van der Waals surface area contributed by atoms with Gasteiger partial charge in [-0.15, -0.1) is 11.3 Å². The van der Waals surface area contributed by atoms with Crippen molar-refractivity contribution < 1.29 is 9.32 Å². The van der Waals surface area contributed by atoms with Crippen LogP contribution in [-0.4, -0.2) is 16.0 Å². The van der Waals surface area contributed by atoms with Gasteiger partial charge in [-0.2, -0.15) is 0 Å². The average molecular weight is 311 g/mol. The van der Waals surface area contributed by atoms with Crippen LogP contribution in [0.3, 0.4) is 0 Å². The SMILES string of the molecule is O=C(Nc1nc2c(s1)CCC2)c1cc(-c2ccccc2)on1. The summed E-state index contributed by atoms with van der Waals surface area (Å²) in [5, 5.41) is 7.28. The Labute approximate surface area is 131 Å². The number of carbonyl (C=O) groups is 1. The van der Waals surface area contributed by atoms with Gasteiger partial charge in [0.25, 0.3) is 5.91 Å². The maximum atomic E-state index is 12.2. The summed E-state index contributed by atoms with van der Waals surface area (Å²) >= 11 is 1.55. The predicted molar refractivity (Wildman–Crippen MR) is 84.0 cm³/mol. The number of hydrogen-bond donors (Lipinski definition) is 1. The van der Waals surface area contributed by atoms with Gasteiger partial charge >= 0.3 is 0 Å². The fourth-order valence-electron chi connectivity index (χ4n) is 2.53. The number of fused-ring (bicyclic) bond motifs is 1. The van der Waals surface area contributed by atoms with Crippen LogP contribution < -0.4 is 5.32 Å². The summed E-state index contributed by atoms with van der Waals surface area (Å²) in [5.74, 6) is 0.283. The van der Waals surface area contributed by atoms with E-state index in [0.717, 1.165) is 30.5 Å². The third kappa shape index (κ3) is 2.42. The second-order valence-electron chi connectivity index (χ2n) is 5.14. The highest BCUT2D eigenvalue weighted by atomic mass is 32.1. The summed E-state index contributed by atoms with van der Waals surface area (Å²) in [6, 6.07) is 11.2. The van der Waals surface area contributed by atoms with E-state index in [2.05, 4.69) is 15.5 Å². The van der Waals surface area contributed by atoms with Gasteiger partial charge in [-0.05, 0) is 19.3 Å². The normalized spacial score (nSPS) is 13.1. The van der Waals surface area contributed by atoms with E-state index >= 15 is 0 Å². The second kappa shape index (κ2) is 5.38. The van der Waals surface area contributed by atoms with Gasteiger partial charge in [0.1, 0.15) is 0 Å². The maximum Gasteiger partial charge on any atom is 0.279 e. The molecule has 1 aromatic carbocycles. The van der Waals surface area contributed by atoms with Crippen LogP contribution in [0.1, 0.15) is 27.5 Å². The van der Waals surface area contributed by atoms with E-state index in [1.807, 2.05) is 30.3 Å². The maximum absolute atomic E-state index is 12.2. The minimum absolute atomic E-state index is 0.259. The van der Waals surface area contributed by atoms with Crippen molar-refractivity contribution in [1.29, 1.82) is 0 Å². The Kier molecular flexibility index (Phi) is 3.23. The van der Waals surface area contributed by atoms with Crippen molar-refractivity contribution in [3.8, 4) is 11.3 Å². The number of aromatic nitrogens is 2. The molecule has 22 heavy (non-hydrogen) atoms. The molecule has 4 rings (SSSR count). The molecule has 0 fully saturated rings. The molecule has 1 aliphatic rings. The summed E-state index contributed by atoms with van der Waals surface area (Å²) in [6.45, 7) is 0. The van der Waals surface area contributed by atoms with Crippen molar-refractivity contribution in [2.75, 3.05) is 5.32 Å². The Morgan fingerprint density at radius 1 is 1.23 bits per heavy atom. The van der Waals surface area contributed by atoms with Crippen LogP contribution in [0.25, 0.3) is 11.3 Å². The first-order valence-electron chi connectivity index (χ1n) is 7.12. The summed E-state index contributed by atoms with van der Waals surface area (Å²) in [4.78, 5) is 17.9. The van der Waals surface area contributed by atoms with Gasteiger partial charge < -0.3 is 4.52 Å². The molecule has 0 unspecified atom stereocenters. The van der Waals surface area contributed by atoms with Crippen LogP contribution in [0.5, 0.6) is 0 Å². The molecule has 2 heterocycles. The van der Waals surface area contributed by atoms with Crippen LogP contribution in [0.4, 0.5) is 5.13 Å². The summed E-state index contributed by atoms with van der Waals surface area (Å²) in [6.07, 6.45) is 3.22. The molecule has 1 N–H and O–H groups in total.